The first-order chi connectivity index (χ1) is 16.5. The first-order valence-corrected chi connectivity index (χ1v) is 10.5. The number of hydrogen-bond acceptors (Lipinski definition) is 5. The first kappa shape index (κ1) is 24.4. The fourth-order valence-electron chi connectivity index (χ4n) is 3.77. The van der Waals surface area contributed by atoms with E-state index in [2.05, 4.69) is 20.5 Å². The Labute approximate surface area is 197 Å². The average Bonchev–Trinajstić information content (AvgIpc) is 3.31. The predicted molar refractivity (Wildman–Crippen MR) is 116 cm³/mol. The molecule has 6 nitrogen and oxygen atoms in total. The molecule has 4 rings (SSSR count). The van der Waals surface area contributed by atoms with Gasteiger partial charge >= 0.3 is 5.92 Å². The normalized spacial score (nSPS) is 14.0. The summed E-state index contributed by atoms with van der Waals surface area (Å²) < 4.78 is 73.4. The minimum atomic E-state index is -4.06. The van der Waals surface area contributed by atoms with Crippen LogP contribution in [0.5, 0.6) is 0 Å². The van der Waals surface area contributed by atoms with E-state index in [1.165, 1.54) is 36.5 Å². The van der Waals surface area contributed by atoms with E-state index < -0.39 is 47.5 Å². The Morgan fingerprint density at radius 1 is 0.914 bits per heavy atom. The summed E-state index contributed by atoms with van der Waals surface area (Å²) in [6.45, 7) is -0.0213. The maximum Gasteiger partial charge on any atom is 0.323 e. The zero-order valence-electron chi connectivity index (χ0n) is 18.4. The van der Waals surface area contributed by atoms with Gasteiger partial charge in [-0.25, -0.2) is 17.9 Å². The van der Waals surface area contributed by atoms with Crippen molar-refractivity contribution in [3.05, 3.63) is 95.8 Å². The Bertz CT molecular complexity index is 1280. The van der Waals surface area contributed by atoms with Gasteiger partial charge in [-0.15, -0.1) is 5.10 Å². The lowest BCUT2D eigenvalue weighted by Gasteiger charge is -2.35. The highest BCUT2D eigenvalue weighted by Gasteiger charge is 2.57. The van der Waals surface area contributed by atoms with E-state index in [0.29, 0.717) is 16.7 Å². The highest BCUT2D eigenvalue weighted by atomic mass is 19.3. The van der Waals surface area contributed by atoms with Crippen molar-refractivity contribution in [2.45, 2.75) is 37.3 Å². The molecule has 2 aromatic carbocycles. The van der Waals surface area contributed by atoms with Crippen LogP contribution in [0.1, 0.15) is 23.7 Å². The van der Waals surface area contributed by atoms with Gasteiger partial charge in [0.15, 0.2) is 5.60 Å². The molecule has 0 unspecified atom stereocenters. The second-order valence-electron chi connectivity index (χ2n) is 8.30. The lowest BCUT2D eigenvalue weighted by atomic mass is 9.84. The van der Waals surface area contributed by atoms with Crippen LogP contribution in [0.3, 0.4) is 0 Å². The molecule has 2 aromatic heterocycles. The van der Waals surface area contributed by atoms with E-state index in [1.54, 1.807) is 12.1 Å². The van der Waals surface area contributed by atoms with E-state index in [9.17, 15) is 18.3 Å². The van der Waals surface area contributed by atoms with Gasteiger partial charge in [0.05, 0.1) is 6.54 Å². The number of benzene rings is 2. The van der Waals surface area contributed by atoms with Crippen molar-refractivity contribution < 1.29 is 27.1 Å². The van der Waals surface area contributed by atoms with Crippen molar-refractivity contribution >= 4 is 0 Å². The number of aromatic nitrogens is 5. The standard InChI is InChI=1S/C24H20F5N5O/c1-22(26,27)12-16-6-8-17(9-7-16)18-10-11-21(30-13-18)24(28,29)23(35,14-34-15-31-32-33-34)19-4-2-3-5-20(19)25/h2-11,13,15,35H,12,14H2,1H3/t23-/m1/s1. The van der Waals surface area contributed by atoms with Gasteiger partial charge in [-0.3, -0.25) is 4.98 Å². The van der Waals surface area contributed by atoms with Crippen LogP contribution in [0.15, 0.2) is 73.2 Å². The number of nitrogens with zero attached hydrogens (tertiary/aromatic N) is 5. The van der Waals surface area contributed by atoms with Gasteiger partial charge in [-0.2, -0.15) is 8.78 Å². The Balaban J connectivity index is 1.67. The molecule has 2 heterocycles. The second-order valence-corrected chi connectivity index (χ2v) is 8.30. The van der Waals surface area contributed by atoms with Gasteiger partial charge in [0.1, 0.15) is 17.8 Å². The number of alkyl halides is 4. The molecule has 1 N–H and O–H groups in total. The van der Waals surface area contributed by atoms with E-state index in [1.807, 2.05) is 0 Å². The van der Waals surface area contributed by atoms with Crippen molar-refractivity contribution in [1.82, 2.24) is 25.2 Å². The van der Waals surface area contributed by atoms with Crippen LogP contribution < -0.4 is 0 Å². The molecule has 1 atom stereocenters. The van der Waals surface area contributed by atoms with Gasteiger partial charge in [-0.1, -0.05) is 48.5 Å². The SMILES string of the molecule is CC(F)(F)Cc1ccc(-c2ccc(C(F)(F)[C@@](O)(Cn3cnnn3)c3ccccc3F)nc2)cc1. The molecule has 0 aliphatic heterocycles. The average molecular weight is 489 g/mol. The Morgan fingerprint density at radius 3 is 2.17 bits per heavy atom. The minimum absolute atomic E-state index is 0.424. The quantitative estimate of drug-likeness (QED) is 0.362. The number of pyridine rings is 1. The van der Waals surface area contributed by atoms with Crippen LogP contribution in [0.25, 0.3) is 11.1 Å². The maximum absolute atomic E-state index is 15.8. The number of tetrazole rings is 1. The van der Waals surface area contributed by atoms with Crippen molar-refractivity contribution in [3.8, 4) is 11.1 Å². The Kier molecular flexibility index (Phi) is 6.37. The number of halogens is 5. The lowest BCUT2D eigenvalue weighted by molar-refractivity contribution is -0.207. The van der Waals surface area contributed by atoms with E-state index in [4.69, 9.17) is 0 Å². The van der Waals surface area contributed by atoms with E-state index in [0.717, 1.165) is 36.1 Å². The molecule has 0 saturated heterocycles. The summed E-state index contributed by atoms with van der Waals surface area (Å²) in [5.41, 5.74) is -3.07. The van der Waals surface area contributed by atoms with Crippen LogP contribution in [0.4, 0.5) is 22.0 Å². The fourth-order valence-corrected chi connectivity index (χ4v) is 3.77. The van der Waals surface area contributed by atoms with Crippen molar-refractivity contribution in [3.63, 3.8) is 0 Å². The summed E-state index contributed by atoms with van der Waals surface area (Å²) in [4.78, 5) is 3.85. The van der Waals surface area contributed by atoms with Gasteiger partial charge in [-0.05, 0) is 40.6 Å². The molecule has 0 bridgehead atoms. The molecule has 0 aliphatic carbocycles. The molecule has 0 fully saturated rings. The van der Waals surface area contributed by atoms with Crippen molar-refractivity contribution in [1.29, 1.82) is 0 Å². The zero-order chi connectivity index (χ0) is 25.3. The first-order valence-electron chi connectivity index (χ1n) is 10.5. The summed E-state index contributed by atoms with van der Waals surface area (Å²) in [5.74, 6) is -7.94. The molecule has 0 radical (unpaired) electrons. The van der Waals surface area contributed by atoms with Crippen LogP contribution in [0, 0.1) is 5.82 Å². The third kappa shape index (κ3) is 5.04. The molecule has 0 aliphatic rings. The van der Waals surface area contributed by atoms with E-state index in [-0.39, 0.29) is 0 Å². The summed E-state index contributed by atoms with van der Waals surface area (Å²) in [6.07, 6.45) is 1.77. The van der Waals surface area contributed by atoms with Gasteiger partial charge in [0.25, 0.3) is 0 Å². The molecule has 0 spiro atoms. The van der Waals surface area contributed by atoms with Crippen LogP contribution in [-0.4, -0.2) is 36.2 Å². The number of aliphatic hydroxyl groups is 1. The largest absolute Gasteiger partial charge is 0.377 e. The smallest absolute Gasteiger partial charge is 0.323 e. The molecule has 182 valence electrons. The molecule has 4 aromatic rings. The molecular formula is C24H20F5N5O. The third-order valence-electron chi connectivity index (χ3n) is 5.51. The van der Waals surface area contributed by atoms with E-state index >= 15 is 8.78 Å². The summed E-state index contributed by atoms with van der Waals surface area (Å²) in [5, 5.41) is 21.5. The van der Waals surface area contributed by atoms with Gasteiger partial charge in [0.2, 0.25) is 5.92 Å². The number of rotatable bonds is 8. The molecule has 0 amide bonds. The van der Waals surface area contributed by atoms with Gasteiger partial charge in [0, 0.05) is 23.7 Å². The molecule has 11 heteroatoms. The van der Waals surface area contributed by atoms with Crippen LogP contribution in [0.2, 0.25) is 0 Å². The zero-order valence-corrected chi connectivity index (χ0v) is 18.4. The predicted octanol–water partition coefficient (Wildman–Crippen LogP) is 4.75. The highest BCUT2D eigenvalue weighted by Crippen LogP contribution is 2.46. The van der Waals surface area contributed by atoms with Crippen molar-refractivity contribution in [2.24, 2.45) is 0 Å². The lowest BCUT2D eigenvalue weighted by Crippen LogP contribution is -2.48. The number of hydrogen-bond donors (Lipinski definition) is 1. The fraction of sp³-hybridized carbons (Fsp3) is 0.250. The molecule has 0 saturated carbocycles. The molecular weight excluding hydrogens is 469 g/mol. The summed E-state index contributed by atoms with van der Waals surface area (Å²) in [6, 6.07) is 13.3. The minimum Gasteiger partial charge on any atom is -0.377 e. The monoisotopic (exact) mass is 489 g/mol. The van der Waals surface area contributed by atoms with Crippen LogP contribution >= 0.6 is 0 Å². The molecule has 35 heavy (non-hydrogen) atoms. The maximum atomic E-state index is 15.8. The summed E-state index contributed by atoms with van der Waals surface area (Å²) in [7, 11) is 0. The third-order valence-corrected chi connectivity index (χ3v) is 5.51. The Hall–Kier alpha value is -3.73. The second kappa shape index (κ2) is 9.14. The summed E-state index contributed by atoms with van der Waals surface area (Å²) >= 11 is 0. The Morgan fingerprint density at radius 2 is 1.60 bits per heavy atom. The van der Waals surface area contributed by atoms with Crippen LogP contribution in [-0.2, 0) is 24.5 Å². The topological polar surface area (TPSA) is 76.7 Å². The highest BCUT2D eigenvalue weighted by molar-refractivity contribution is 5.63. The van der Waals surface area contributed by atoms with Gasteiger partial charge < -0.3 is 5.11 Å². The van der Waals surface area contributed by atoms with Crippen molar-refractivity contribution in [2.75, 3.05) is 0 Å².